The Morgan fingerprint density at radius 1 is 1.43 bits per heavy atom. The van der Waals surface area contributed by atoms with Gasteiger partial charge in [-0.1, -0.05) is 17.8 Å². The number of amides is 1. The molecule has 1 aliphatic heterocycles. The monoisotopic (exact) mass is 303 g/mol. The van der Waals surface area contributed by atoms with Crippen LogP contribution in [0.15, 0.2) is 53.2 Å². The van der Waals surface area contributed by atoms with Crippen LogP contribution in [0.4, 0.5) is 4.39 Å². The normalized spacial score (nSPS) is 27.3. The minimum atomic E-state index is -0.767. The number of aromatic nitrogens is 1. The van der Waals surface area contributed by atoms with Crippen molar-refractivity contribution in [3.05, 3.63) is 53.8 Å². The molecule has 0 radical (unpaired) electrons. The van der Waals surface area contributed by atoms with Crippen LogP contribution in [0.5, 0.6) is 0 Å². The second-order valence-electron chi connectivity index (χ2n) is 4.97. The number of hydrogen-bond donors (Lipinski definition) is 1. The summed E-state index contributed by atoms with van der Waals surface area (Å²) < 4.78 is 12.9. The summed E-state index contributed by atoms with van der Waals surface area (Å²) in [5.41, 5.74) is 1.14. The Bertz CT molecular complexity index is 669. The van der Waals surface area contributed by atoms with Crippen LogP contribution in [-0.4, -0.2) is 16.1 Å². The van der Waals surface area contributed by atoms with Crippen molar-refractivity contribution in [1.82, 2.24) is 10.3 Å². The lowest BCUT2D eigenvalue weighted by Gasteiger charge is -2.18. The van der Waals surface area contributed by atoms with Crippen molar-refractivity contribution in [1.29, 1.82) is 0 Å². The van der Waals surface area contributed by atoms with Gasteiger partial charge in [0.1, 0.15) is 10.6 Å². The first-order valence-corrected chi connectivity index (χ1v) is 7.46. The molecule has 0 bridgehead atoms. The molecule has 6 heteroatoms. The summed E-state index contributed by atoms with van der Waals surface area (Å²) in [5.74, 6) is -0.393. The minimum Gasteiger partial charge on any atom is -0.304 e. The van der Waals surface area contributed by atoms with Crippen LogP contribution in [0.2, 0.25) is 0 Å². The molecule has 1 amide bonds. The third-order valence-corrected chi connectivity index (χ3v) is 4.71. The zero-order chi connectivity index (χ0) is 14.9. The maximum atomic E-state index is 13.7. The summed E-state index contributed by atoms with van der Waals surface area (Å²) in [6.07, 6.45) is 7.88. The molecule has 1 saturated heterocycles. The number of halogens is 1. The fraction of sp³-hybridized carbons (Fsp3) is 0.267. The Morgan fingerprint density at radius 3 is 2.90 bits per heavy atom. The Labute approximate surface area is 126 Å². The third kappa shape index (κ3) is 2.63. The first kappa shape index (κ1) is 14.0. The molecule has 4 nitrogen and oxygen atoms in total. The van der Waals surface area contributed by atoms with Gasteiger partial charge in [-0.2, -0.15) is 0 Å². The lowest BCUT2D eigenvalue weighted by molar-refractivity contribution is -0.121. The standard InChI is InChI=1S/C15H14FN3OS/c1-15(10-6-8-17-9-7-10)13(20)19-14(21-15)18-12-5-3-2-4-11(12)16/h3,5-9H,2,4H2,1H3,(H,18,19,20). The van der Waals surface area contributed by atoms with Crippen molar-refractivity contribution in [3.63, 3.8) is 0 Å². The molecule has 1 N–H and O–H groups in total. The van der Waals surface area contributed by atoms with E-state index in [9.17, 15) is 9.18 Å². The van der Waals surface area contributed by atoms with E-state index in [0.29, 0.717) is 23.7 Å². The summed E-state index contributed by atoms with van der Waals surface area (Å²) >= 11 is 1.30. The fourth-order valence-electron chi connectivity index (χ4n) is 2.22. The molecule has 0 saturated carbocycles. The first-order valence-electron chi connectivity index (χ1n) is 6.64. The molecule has 3 rings (SSSR count). The number of nitrogens with one attached hydrogen (secondary N) is 1. The highest BCUT2D eigenvalue weighted by Crippen LogP contribution is 2.41. The number of pyridine rings is 1. The molecule has 1 aromatic rings. The molecule has 1 unspecified atom stereocenters. The minimum absolute atomic E-state index is 0.154. The number of amidine groups is 1. The van der Waals surface area contributed by atoms with Gasteiger partial charge in [-0.05, 0) is 37.1 Å². The van der Waals surface area contributed by atoms with Gasteiger partial charge in [0, 0.05) is 18.8 Å². The number of carbonyl (C=O) groups is 1. The van der Waals surface area contributed by atoms with E-state index in [1.165, 1.54) is 11.8 Å². The van der Waals surface area contributed by atoms with Crippen LogP contribution in [0.1, 0.15) is 25.3 Å². The Morgan fingerprint density at radius 2 is 2.19 bits per heavy atom. The average Bonchev–Trinajstić information content (AvgIpc) is 2.78. The van der Waals surface area contributed by atoms with Crippen LogP contribution in [-0.2, 0) is 9.54 Å². The van der Waals surface area contributed by atoms with Crippen LogP contribution < -0.4 is 5.32 Å². The van der Waals surface area contributed by atoms with Crippen LogP contribution in [0, 0.1) is 0 Å². The second-order valence-corrected chi connectivity index (χ2v) is 6.38. The topological polar surface area (TPSA) is 54.4 Å². The number of carbonyl (C=O) groups excluding carboxylic acids is 1. The van der Waals surface area contributed by atoms with Crippen molar-refractivity contribution in [2.45, 2.75) is 24.5 Å². The van der Waals surface area contributed by atoms with E-state index in [1.54, 1.807) is 30.6 Å². The zero-order valence-corrected chi connectivity index (χ0v) is 12.3. The van der Waals surface area contributed by atoms with Gasteiger partial charge >= 0.3 is 0 Å². The number of aliphatic imine (C=N–C) groups is 1. The molecule has 108 valence electrons. The molecule has 1 fully saturated rings. The van der Waals surface area contributed by atoms with Crippen LogP contribution >= 0.6 is 11.8 Å². The SMILES string of the molecule is CC1(c2ccncc2)SC(=NC2=C(F)CCC=C2)NC1=O. The highest BCUT2D eigenvalue weighted by atomic mass is 32.2. The summed E-state index contributed by atoms with van der Waals surface area (Å²) in [6, 6.07) is 3.60. The zero-order valence-electron chi connectivity index (χ0n) is 11.5. The summed E-state index contributed by atoms with van der Waals surface area (Å²) in [5, 5.41) is 3.16. The van der Waals surface area contributed by atoms with E-state index in [2.05, 4.69) is 15.3 Å². The Kier molecular flexibility index (Phi) is 3.63. The van der Waals surface area contributed by atoms with E-state index >= 15 is 0 Å². The van der Waals surface area contributed by atoms with Gasteiger partial charge in [0.25, 0.3) is 0 Å². The lowest BCUT2D eigenvalue weighted by atomic mass is 10.0. The molecule has 0 aromatic carbocycles. The predicted molar refractivity (Wildman–Crippen MR) is 81.3 cm³/mol. The van der Waals surface area contributed by atoms with Crippen molar-refractivity contribution >= 4 is 22.8 Å². The summed E-state index contributed by atoms with van der Waals surface area (Å²) in [6.45, 7) is 1.83. The molecule has 0 spiro atoms. The smallest absolute Gasteiger partial charge is 0.246 e. The van der Waals surface area contributed by atoms with E-state index in [-0.39, 0.29) is 11.7 Å². The molecule has 2 heterocycles. The van der Waals surface area contributed by atoms with Gasteiger partial charge in [-0.25, -0.2) is 9.38 Å². The van der Waals surface area contributed by atoms with Gasteiger partial charge in [-0.3, -0.25) is 9.78 Å². The van der Waals surface area contributed by atoms with Crippen molar-refractivity contribution in [2.75, 3.05) is 0 Å². The Hall–Kier alpha value is -1.95. The lowest BCUT2D eigenvalue weighted by Crippen LogP contribution is -2.31. The van der Waals surface area contributed by atoms with Gasteiger partial charge in [0.05, 0.1) is 5.70 Å². The van der Waals surface area contributed by atoms with Crippen LogP contribution in [0.25, 0.3) is 0 Å². The molecule has 1 atom stereocenters. The van der Waals surface area contributed by atoms with E-state index < -0.39 is 4.75 Å². The fourth-order valence-corrected chi connectivity index (χ4v) is 3.30. The molecule has 1 aromatic heterocycles. The maximum absolute atomic E-state index is 13.7. The summed E-state index contributed by atoms with van der Waals surface area (Å²) in [4.78, 5) is 20.5. The van der Waals surface area contributed by atoms with Gasteiger partial charge in [-0.15, -0.1) is 0 Å². The van der Waals surface area contributed by atoms with Crippen molar-refractivity contribution < 1.29 is 9.18 Å². The molecular formula is C15H14FN3OS. The highest BCUT2D eigenvalue weighted by molar-refractivity contribution is 8.15. The quantitative estimate of drug-likeness (QED) is 0.913. The van der Waals surface area contributed by atoms with Crippen LogP contribution in [0.3, 0.4) is 0 Å². The van der Waals surface area contributed by atoms with Gasteiger partial charge in [0.15, 0.2) is 5.17 Å². The second kappa shape index (κ2) is 5.44. The van der Waals surface area contributed by atoms with Crippen molar-refractivity contribution in [2.24, 2.45) is 4.99 Å². The number of rotatable bonds is 2. The number of nitrogens with zero attached hydrogens (tertiary/aromatic N) is 2. The van der Waals surface area contributed by atoms with Gasteiger partial charge < -0.3 is 5.32 Å². The number of allylic oxidation sites excluding steroid dienone is 3. The van der Waals surface area contributed by atoms with Gasteiger partial charge in [0.2, 0.25) is 5.91 Å². The number of hydrogen-bond acceptors (Lipinski definition) is 4. The first-order chi connectivity index (χ1) is 10.1. The maximum Gasteiger partial charge on any atom is 0.246 e. The third-order valence-electron chi connectivity index (χ3n) is 3.49. The number of thioether (sulfide) groups is 1. The van der Waals surface area contributed by atoms with Crippen molar-refractivity contribution in [3.8, 4) is 0 Å². The highest BCUT2D eigenvalue weighted by Gasteiger charge is 2.44. The molecule has 2 aliphatic rings. The van der Waals surface area contributed by atoms with E-state index in [1.807, 2.05) is 13.0 Å². The van der Waals surface area contributed by atoms with E-state index in [4.69, 9.17) is 0 Å². The molecule has 1 aliphatic carbocycles. The van der Waals surface area contributed by atoms with E-state index in [0.717, 1.165) is 5.56 Å². The largest absolute Gasteiger partial charge is 0.304 e. The molecular weight excluding hydrogens is 289 g/mol. The Balaban J connectivity index is 1.90. The average molecular weight is 303 g/mol. The predicted octanol–water partition coefficient (Wildman–Crippen LogP) is 3.05. The summed E-state index contributed by atoms with van der Waals surface area (Å²) in [7, 11) is 0. The molecule has 21 heavy (non-hydrogen) atoms.